The highest BCUT2D eigenvalue weighted by atomic mass is 35.5. The van der Waals surface area contributed by atoms with Gasteiger partial charge in [0.1, 0.15) is 5.25 Å². The van der Waals surface area contributed by atoms with E-state index in [0.29, 0.717) is 24.2 Å². The number of nitrogens with one attached hydrogen (secondary N) is 1. The number of rotatable bonds is 9. The molecule has 1 atom stereocenters. The van der Waals surface area contributed by atoms with E-state index < -0.39 is 33.9 Å². The predicted molar refractivity (Wildman–Crippen MR) is 137 cm³/mol. The van der Waals surface area contributed by atoms with Gasteiger partial charge in [0, 0.05) is 18.7 Å². The van der Waals surface area contributed by atoms with Crippen molar-refractivity contribution in [2.24, 2.45) is 4.99 Å². The van der Waals surface area contributed by atoms with Gasteiger partial charge in [-0.15, -0.1) is 0 Å². The summed E-state index contributed by atoms with van der Waals surface area (Å²) in [6.45, 7) is 4.21. The van der Waals surface area contributed by atoms with Crippen LogP contribution in [0.4, 0.5) is 24.5 Å². The van der Waals surface area contributed by atoms with Crippen molar-refractivity contribution in [1.82, 2.24) is 4.90 Å². The van der Waals surface area contributed by atoms with E-state index in [9.17, 15) is 27.6 Å². The minimum atomic E-state index is -4.65. The Morgan fingerprint density at radius 1 is 1.16 bits per heavy atom. The van der Waals surface area contributed by atoms with Crippen LogP contribution in [0.1, 0.15) is 49.0 Å². The number of unbranched alkanes of at least 4 members (excludes halogenated alkanes) is 1. The van der Waals surface area contributed by atoms with E-state index in [-0.39, 0.29) is 29.8 Å². The average molecular weight is 556 g/mol. The summed E-state index contributed by atoms with van der Waals surface area (Å²) in [5.74, 6) is -1.25. The molecule has 1 fully saturated rings. The largest absolute Gasteiger partial charge is 0.462 e. The SMILES string of the molecule is CCCCN1C(=O)[C@@H](CC(=O)Nc2ccc(C(=O)OCC)cc2)SC1=Nc1ccc(Cl)c(C(F)(F)F)c1. The highest BCUT2D eigenvalue weighted by Gasteiger charge is 2.39. The number of benzene rings is 2. The first-order valence-electron chi connectivity index (χ1n) is 11.5. The van der Waals surface area contributed by atoms with E-state index in [4.69, 9.17) is 16.3 Å². The fourth-order valence-corrected chi connectivity index (χ4v) is 4.85. The van der Waals surface area contributed by atoms with Crippen LogP contribution in [0.15, 0.2) is 47.5 Å². The second-order valence-electron chi connectivity index (χ2n) is 8.06. The predicted octanol–water partition coefficient (Wildman–Crippen LogP) is 6.30. The van der Waals surface area contributed by atoms with Gasteiger partial charge < -0.3 is 10.1 Å². The third kappa shape index (κ3) is 7.48. The Labute approximate surface area is 221 Å². The average Bonchev–Trinajstić information content (AvgIpc) is 3.12. The molecule has 0 aromatic heterocycles. The molecule has 7 nitrogen and oxygen atoms in total. The van der Waals surface area contributed by atoms with Crippen LogP contribution in [-0.2, 0) is 20.5 Å². The van der Waals surface area contributed by atoms with Gasteiger partial charge in [0.25, 0.3) is 0 Å². The maximum atomic E-state index is 13.3. The van der Waals surface area contributed by atoms with Gasteiger partial charge in [-0.3, -0.25) is 14.5 Å². The molecule has 12 heteroatoms. The van der Waals surface area contributed by atoms with Crippen LogP contribution in [-0.4, -0.2) is 46.3 Å². The van der Waals surface area contributed by atoms with Crippen molar-refractivity contribution >= 4 is 57.7 Å². The monoisotopic (exact) mass is 555 g/mol. The van der Waals surface area contributed by atoms with Gasteiger partial charge in [0.15, 0.2) is 5.17 Å². The zero-order valence-electron chi connectivity index (χ0n) is 20.1. The Bertz CT molecular complexity index is 1190. The van der Waals surface area contributed by atoms with Gasteiger partial charge in [-0.25, -0.2) is 9.79 Å². The van der Waals surface area contributed by atoms with E-state index in [0.717, 1.165) is 30.3 Å². The van der Waals surface area contributed by atoms with E-state index in [1.54, 1.807) is 19.1 Å². The van der Waals surface area contributed by atoms with Crippen molar-refractivity contribution in [3.8, 4) is 0 Å². The number of anilines is 1. The van der Waals surface area contributed by atoms with Crippen molar-refractivity contribution in [2.45, 2.75) is 44.5 Å². The summed E-state index contributed by atoms with van der Waals surface area (Å²) in [5, 5.41) is 1.68. The van der Waals surface area contributed by atoms with Gasteiger partial charge in [0.2, 0.25) is 11.8 Å². The molecule has 37 heavy (non-hydrogen) atoms. The number of nitrogens with zero attached hydrogens (tertiary/aromatic N) is 2. The first-order chi connectivity index (χ1) is 17.5. The fourth-order valence-electron chi connectivity index (χ4n) is 3.44. The van der Waals surface area contributed by atoms with Crippen molar-refractivity contribution in [3.05, 3.63) is 58.6 Å². The lowest BCUT2D eigenvalue weighted by Crippen LogP contribution is -2.34. The summed E-state index contributed by atoms with van der Waals surface area (Å²) >= 11 is 6.73. The molecule has 0 aliphatic carbocycles. The number of ether oxygens (including phenoxy) is 1. The van der Waals surface area contributed by atoms with Crippen LogP contribution in [0.25, 0.3) is 0 Å². The summed E-state index contributed by atoms with van der Waals surface area (Å²) in [6.07, 6.45) is -3.37. The molecule has 1 saturated heterocycles. The normalized spacial score (nSPS) is 16.8. The number of hydrogen-bond donors (Lipinski definition) is 1. The minimum absolute atomic E-state index is 0.000291. The molecule has 2 aromatic rings. The molecular formula is C25H25ClF3N3O4S. The van der Waals surface area contributed by atoms with Gasteiger partial charge in [-0.05, 0) is 55.8 Å². The Hall–Kier alpha value is -3.05. The van der Waals surface area contributed by atoms with Crippen molar-refractivity contribution in [2.75, 3.05) is 18.5 Å². The molecule has 1 aliphatic rings. The summed E-state index contributed by atoms with van der Waals surface area (Å²) in [7, 11) is 0. The van der Waals surface area contributed by atoms with Crippen LogP contribution < -0.4 is 5.32 Å². The smallest absolute Gasteiger partial charge is 0.417 e. The lowest BCUT2D eigenvalue weighted by molar-refractivity contribution is -0.137. The van der Waals surface area contributed by atoms with Crippen LogP contribution in [0.5, 0.6) is 0 Å². The number of amidine groups is 1. The van der Waals surface area contributed by atoms with Gasteiger partial charge in [-0.1, -0.05) is 36.7 Å². The molecule has 198 valence electrons. The van der Waals surface area contributed by atoms with Crippen molar-refractivity contribution in [1.29, 1.82) is 0 Å². The molecule has 0 saturated carbocycles. The van der Waals surface area contributed by atoms with E-state index in [2.05, 4.69) is 10.3 Å². The lowest BCUT2D eigenvalue weighted by Gasteiger charge is -2.16. The lowest BCUT2D eigenvalue weighted by atomic mass is 10.2. The molecule has 2 aromatic carbocycles. The number of esters is 1. The Balaban J connectivity index is 1.74. The summed E-state index contributed by atoms with van der Waals surface area (Å²) in [6, 6.07) is 9.41. The molecule has 3 rings (SSSR count). The number of aliphatic imine (C=N–C) groups is 1. The van der Waals surface area contributed by atoms with Crippen molar-refractivity contribution in [3.63, 3.8) is 0 Å². The quantitative estimate of drug-likeness (QED) is 0.367. The second kappa shape index (κ2) is 12.5. The minimum Gasteiger partial charge on any atom is -0.462 e. The molecule has 0 radical (unpaired) electrons. The van der Waals surface area contributed by atoms with Crippen LogP contribution in [0.2, 0.25) is 5.02 Å². The second-order valence-corrected chi connectivity index (χ2v) is 9.63. The number of halogens is 4. The summed E-state index contributed by atoms with van der Waals surface area (Å²) in [4.78, 5) is 43.2. The number of thioether (sulfide) groups is 1. The van der Waals surface area contributed by atoms with Gasteiger partial charge >= 0.3 is 12.1 Å². The van der Waals surface area contributed by atoms with Gasteiger partial charge in [0.05, 0.1) is 28.4 Å². The summed E-state index contributed by atoms with van der Waals surface area (Å²) in [5.41, 5.74) is -0.244. The molecule has 1 heterocycles. The van der Waals surface area contributed by atoms with Crippen LogP contribution in [0, 0.1) is 0 Å². The highest BCUT2D eigenvalue weighted by molar-refractivity contribution is 8.15. The summed E-state index contributed by atoms with van der Waals surface area (Å²) < 4.78 is 44.7. The molecule has 1 N–H and O–H groups in total. The number of hydrogen-bond acceptors (Lipinski definition) is 6. The zero-order valence-corrected chi connectivity index (χ0v) is 21.7. The first kappa shape index (κ1) is 28.5. The van der Waals surface area contributed by atoms with Crippen molar-refractivity contribution < 1.29 is 32.3 Å². The molecule has 0 spiro atoms. The number of carbonyl (C=O) groups excluding carboxylic acids is 3. The third-order valence-electron chi connectivity index (χ3n) is 5.29. The Kier molecular flexibility index (Phi) is 9.61. The van der Waals surface area contributed by atoms with E-state index >= 15 is 0 Å². The molecular weight excluding hydrogens is 531 g/mol. The zero-order chi connectivity index (χ0) is 27.2. The molecule has 1 aliphatic heterocycles. The topological polar surface area (TPSA) is 88.1 Å². The first-order valence-corrected chi connectivity index (χ1v) is 12.8. The highest BCUT2D eigenvalue weighted by Crippen LogP contribution is 2.38. The number of amides is 2. The molecule has 0 unspecified atom stereocenters. The van der Waals surface area contributed by atoms with E-state index in [1.165, 1.54) is 23.1 Å². The molecule has 2 amide bonds. The molecule has 0 bridgehead atoms. The maximum absolute atomic E-state index is 13.3. The van der Waals surface area contributed by atoms with Gasteiger partial charge in [-0.2, -0.15) is 13.2 Å². The Morgan fingerprint density at radius 2 is 1.86 bits per heavy atom. The van der Waals surface area contributed by atoms with Crippen LogP contribution >= 0.6 is 23.4 Å². The Morgan fingerprint density at radius 3 is 2.49 bits per heavy atom. The fraction of sp³-hybridized carbons (Fsp3) is 0.360. The number of carbonyl (C=O) groups is 3. The van der Waals surface area contributed by atoms with E-state index in [1.807, 2.05) is 6.92 Å². The van der Waals surface area contributed by atoms with Crippen LogP contribution in [0.3, 0.4) is 0 Å². The third-order valence-corrected chi connectivity index (χ3v) is 6.79. The standard InChI is InChI=1S/C25H25ClF3N3O4S/c1-3-5-12-32-22(34)20(14-21(33)30-16-8-6-15(7-9-16)23(35)36-4-2)37-24(32)31-17-10-11-19(26)18(13-17)25(27,28)29/h6-11,13,20H,3-5,12,14H2,1-2H3,(H,30,33)/t20-/m1/s1. The number of alkyl halides is 3. The maximum Gasteiger partial charge on any atom is 0.417 e.